The highest BCUT2D eigenvalue weighted by Gasteiger charge is 2.36. The number of urea groups is 1. The molecule has 0 radical (unpaired) electrons. The molecule has 24 heavy (non-hydrogen) atoms. The first-order chi connectivity index (χ1) is 11.5. The molecule has 1 heterocycles. The lowest BCUT2D eigenvalue weighted by Crippen LogP contribution is -2.48. The molecule has 1 aliphatic heterocycles. The molecule has 0 aliphatic carbocycles. The van der Waals surface area contributed by atoms with Gasteiger partial charge in [-0.1, -0.05) is 12.1 Å². The van der Waals surface area contributed by atoms with Crippen LogP contribution in [0.4, 0.5) is 4.79 Å². The minimum absolute atomic E-state index is 0.319. The van der Waals surface area contributed by atoms with Crippen LogP contribution in [0.1, 0.15) is 24.1 Å². The molecule has 2 amide bonds. The number of hydrogen-bond acceptors (Lipinski definition) is 5. The number of ether oxygens (including phenoxy) is 2. The highest BCUT2D eigenvalue weighted by atomic mass is 16.5. The standard InChI is InChI=1S/C17H19N3O4/c1-11-14(16(21)24-3)15(13-6-4-5-12(9-13)10-18)19-17(22)20(11)7-8-23-2/h4-6,9,15H,7-8H2,1-3H3,(H,19,22)/t15-/m1/s1. The third-order valence-electron chi connectivity index (χ3n) is 3.87. The number of benzene rings is 1. The fourth-order valence-corrected chi connectivity index (χ4v) is 2.65. The molecule has 7 nitrogen and oxygen atoms in total. The molecule has 1 N–H and O–H groups in total. The molecule has 1 aromatic carbocycles. The number of amides is 2. The molecule has 0 saturated carbocycles. The van der Waals surface area contributed by atoms with Crippen LogP contribution in [0.25, 0.3) is 0 Å². The van der Waals surface area contributed by atoms with Gasteiger partial charge in [0.2, 0.25) is 0 Å². The smallest absolute Gasteiger partial charge is 0.337 e. The lowest BCUT2D eigenvalue weighted by Gasteiger charge is -2.35. The largest absolute Gasteiger partial charge is 0.466 e. The Balaban J connectivity index is 2.50. The number of carbonyl (C=O) groups excluding carboxylic acids is 2. The van der Waals surface area contributed by atoms with E-state index in [9.17, 15) is 9.59 Å². The van der Waals surface area contributed by atoms with Gasteiger partial charge in [-0.15, -0.1) is 0 Å². The number of esters is 1. The van der Waals surface area contributed by atoms with Gasteiger partial charge in [-0.3, -0.25) is 4.90 Å². The van der Waals surface area contributed by atoms with Crippen LogP contribution in [0.5, 0.6) is 0 Å². The summed E-state index contributed by atoms with van der Waals surface area (Å²) in [5.74, 6) is -0.526. The van der Waals surface area contributed by atoms with E-state index in [1.54, 1.807) is 31.2 Å². The van der Waals surface area contributed by atoms with Gasteiger partial charge in [0.05, 0.1) is 43.5 Å². The van der Waals surface area contributed by atoms with Crippen molar-refractivity contribution in [3.8, 4) is 6.07 Å². The van der Waals surface area contributed by atoms with E-state index in [-0.39, 0.29) is 6.03 Å². The number of allylic oxidation sites excluding steroid dienone is 1. The number of methoxy groups -OCH3 is 2. The Morgan fingerprint density at radius 3 is 2.79 bits per heavy atom. The van der Waals surface area contributed by atoms with Crippen LogP contribution in [0.15, 0.2) is 35.5 Å². The highest BCUT2D eigenvalue weighted by Crippen LogP contribution is 2.31. The van der Waals surface area contributed by atoms with E-state index in [4.69, 9.17) is 14.7 Å². The fourth-order valence-electron chi connectivity index (χ4n) is 2.65. The molecule has 0 bridgehead atoms. The number of carbonyl (C=O) groups is 2. The molecular weight excluding hydrogens is 310 g/mol. The Morgan fingerprint density at radius 2 is 2.17 bits per heavy atom. The molecule has 0 saturated heterocycles. The SMILES string of the molecule is COCCN1C(=O)N[C@H](c2cccc(C#N)c2)C(C(=O)OC)=C1C. The summed E-state index contributed by atoms with van der Waals surface area (Å²) < 4.78 is 9.89. The summed E-state index contributed by atoms with van der Waals surface area (Å²) in [5.41, 5.74) is 1.94. The summed E-state index contributed by atoms with van der Waals surface area (Å²) in [6.07, 6.45) is 0. The summed E-state index contributed by atoms with van der Waals surface area (Å²) in [4.78, 5) is 26.1. The molecule has 1 aliphatic rings. The maximum atomic E-state index is 12.4. The first kappa shape index (κ1) is 17.5. The van der Waals surface area contributed by atoms with Gasteiger partial charge < -0.3 is 14.8 Å². The van der Waals surface area contributed by atoms with Crippen molar-refractivity contribution in [2.24, 2.45) is 0 Å². The summed E-state index contributed by atoms with van der Waals surface area (Å²) in [6, 6.07) is 7.82. The minimum atomic E-state index is -0.669. The Kier molecular flexibility index (Phi) is 5.55. The quantitative estimate of drug-likeness (QED) is 0.831. The molecule has 2 rings (SSSR count). The number of nitriles is 1. The zero-order valence-electron chi connectivity index (χ0n) is 13.8. The van der Waals surface area contributed by atoms with Gasteiger partial charge in [-0.05, 0) is 24.6 Å². The molecule has 1 aromatic rings. The molecule has 7 heteroatoms. The average molecular weight is 329 g/mol. The van der Waals surface area contributed by atoms with Crippen LogP contribution in [0.3, 0.4) is 0 Å². The van der Waals surface area contributed by atoms with Crippen LogP contribution in [0.2, 0.25) is 0 Å². The zero-order valence-corrected chi connectivity index (χ0v) is 13.8. The van der Waals surface area contributed by atoms with Crippen molar-refractivity contribution in [3.63, 3.8) is 0 Å². The Labute approximate surface area is 140 Å². The maximum absolute atomic E-state index is 12.4. The van der Waals surface area contributed by atoms with Crippen molar-refractivity contribution in [1.29, 1.82) is 5.26 Å². The normalized spacial score (nSPS) is 17.3. The van der Waals surface area contributed by atoms with Crippen molar-refractivity contribution in [3.05, 3.63) is 46.7 Å². The van der Waals surface area contributed by atoms with Crippen molar-refractivity contribution in [2.45, 2.75) is 13.0 Å². The Bertz CT molecular complexity index is 721. The first-order valence-corrected chi connectivity index (χ1v) is 7.39. The van der Waals surface area contributed by atoms with Gasteiger partial charge in [0.1, 0.15) is 0 Å². The third-order valence-corrected chi connectivity index (χ3v) is 3.87. The van der Waals surface area contributed by atoms with Crippen molar-refractivity contribution >= 4 is 12.0 Å². The number of nitrogens with one attached hydrogen (secondary N) is 1. The van der Waals surface area contributed by atoms with E-state index in [0.717, 1.165) is 0 Å². The van der Waals surface area contributed by atoms with E-state index in [2.05, 4.69) is 11.4 Å². The molecular formula is C17H19N3O4. The molecule has 0 unspecified atom stereocenters. The van der Waals surface area contributed by atoms with Crippen LogP contribution in [-0.2, 0) is 14.3 Å². The van der Waals surface area contributed by atoms with E-state index in [1.807, 2.05) is 0 Å². The van der Waals surface area contributed by atoms with Gasteiger partial charge in [0.25, 0.3) is 0 Å². The minimum Gasteiger partial charge on any atom is -0.466 e. The van der Waals surface area contributed by atoms with Gasteiger partial charge in [0.15, 0.2) is 0 Å². The topological polar surface area (TPSA) is 91.7 Å². The number of nitrogens with zero attached hydrogens (tertiary/aromatic N) is 2. The monoisotopic (exact) mass is 329 g/mol. The second kappa shape index (κ2) is 7.62. The van der Waals surface area contributed by atoms with Crippen molar-refractivity contribution < 1.29 is 19.1 Å². The van der Waals surface area contributed by atoms with E-state index in [1.165, 1.54) is 19.1 Å². The predicted molar refractivity (Wildman–Crippen MR) is 85.7 cm³/mol. The van der Waals surface area contributed by atoms with E-state index < -0.39 is 12.0 Å². The van der Waals surface area contributed by atoms with Crippen LogP contribution in [-0.4, -0.2) is 44.3 Å². The second-order valence-corrected chi connectivity index (χ2v) is 5.25. The van der Waals surface area contributed by atoms with Crippen LogP contribution < -0.4 is 5.32 Å². The van der Waals surface area contributed by atoms with Gasteiger partial charge >= 0.3 is 12.0 Å². The number of hydrogen-bond donors (Lipinski definition) is 1. The molecule has 0 fully saturated rings. The lowest BCUT2D eigenvalue weighted by molar-refractivity contribution is -0.136. The molecule has 126 valence electrons. The van der Waals surface area contributed by atoms with E-state index in [0.29, 0.717) is 35.5 Å². The first-order valence-electron chi connectivity index (χ1n) is 7.39. The van der Waals surface area contributed by atoms with Gasteiger partial charge in [-0.25, -0.2) is 9.59 Å². The van der Waals surface area contributed by atoms with Crippen LogP contribution >= 0.6 is 0 Å². The lowest BCUT2D eigenvalue weighted by atomic mass is 9.94. The number of rotatable bonds is 5. The Morgan fingerprint density at radius 1 is 1.42 bits per heavy atom. The maximum Gasteiger partial charge on any atom is 0.337 e. The van der Waals surface area contributed by atoms with Crippen LogP contribution in [0, 0.1) is 11.3 Å². The molecule has 1 atom stereocenters. The average Bonchev–Trinajstić information content (AvgIpc) is 2.60. The molecule has 0 aromatic heterocycles. The Hall–Kier alpha value is -2.85. The van der Waals surface area contributed by atoms with Crippen molar-refractivity contribution in [2.75, 3.05) is 27.4 Å². The predicted octanol–water partition coefficient (Wildman–Crippen LogP) is 1.72. The summed E-state index contributed by atoms with van der Waals surface area (Å²) in [6.45, 7) is 2.36. The van der Waals surface area contributed by atoms with Gasteiger partial charge in [-0.2, -0.15) is 5.26 Å². The molecule has 0 spiro atoms. The summed E-state index contributed by atoms with van der Waals surface area (Å²) in [7, 11) is 2.83. The summed E-state index contributed by atoms with van der Waals surface area (Å²) >= 11 is 0. The van der Waals surface area contributed by atoms with Gasteiger partial charge in [0, 0.05) is 12.8 Å². The fraction of sp³-hybridized carbons (Fsp3) is 0.353. The zero-order chi connectivity index (χ0) is 17.7. The van der Waals surface area contributed by atoms with Crippen molar-refractivity contribution in [1.82, 2.24) is 10.2 Å². The second-order valence-electron chi connectivity index (χ2n) is 5.25. The third kappa shape index (κ3) is 3.39. The summed E-state index contributed by atoms with van der Waals surface area (Å²) in [5, 5.41) is 11.9. The highest BCUT2D eigenvalue weighted by molar-refractivity contribution is 5.95. The van der Waals surface area contributed by atoms with E-state index >= 15 is 0 Å².